The fourth-order valence-electron chi connectivity index (χ4n) is 2.93. The van der Waals surface area contributed by atoms with Gasteiger partial charge in [0.2, 0.25) is 5.91 Å². The predicted molar refractivity (Wildman–Crippen MR) is 126 cm³/mol. The van der Waals surface area contributed by atoms with Crippen LogP contribution in [0.25, 0.3) is 21.8 Å². The van der Waals surface area contributed by atoms with Crippen LogP contribution in [0.1, 0.15) is 5.56 Å². The largest absolute Gasteiger partial charge is 0.497 e. The molecule has 3 heterocycles. The van der Waals surface area contributed by atoms with E-state index < -0.39 is 0 Å². The van der Waals surface area contributed by atoms with Gasteiger partial charge >= 0.3 is 0 Å². The number of nitrogens with zero attached hydrogens (tertiary/aromatic N) is 4. The molecule has 0 aliphatic heterocycles. The van der Waals surface area contributed by atoms with Gasteiger partial charge in [0.05, 0.1) is 30.3 Å². The van der Waals surface area contributed by atoms with Crippen LogP contribution >= 0.6 is 23.1 Å². The molecule has 0 spiro atoms. The maximum atomic E-state index is 12.5. The standard InChI is InChI=1S/C23H17N5O2S2/c1-30-16-6-4-15(5-7-16)27-22(29)14-32-23-18(12-24)17(21-3-2-10-31-21)11-19(28-23)20-13-25-8-9-26-20/h2-11,13H,14H2,1H3,(H,27,29). The quantitative estimate of drug-likeness (QED) is 0.393. The van der Waals surface area contributed by atoms with Crippen molar-refractivity contribution in [3.05, 3.63) is 72.0 Å². The Bertz CT molecular complexity index is 1250. The molecular weight excluding hydrogens is 442 g/mol. The summed E-state index contributed by atoms with van der Waals surface area (Å²) in [5, 5.41) is 15.1. The topological polar surface area (TPSA) is 101 Å². The molecule has 9 heteroatoms. The Morgan fingerprint density at radius 1 is 1.22 bits per heavy atom. The highest BCUT2D eigenvalue weighted by atomic mass is 32.2. The minimum Gasteiger partial charge on any atom is -0.497 e. The zero-order chi connectivity index (χ0) is 22.3. The number of rotatable bonds is 7. The van der Waals surface area contributed by atoms with Crippen molar-refractivity contribution in [3.8, 4) is 33.6 Å². The second-order valence-electron chi connectivity index (χ2n) is 6.48. The van der Waals surface area contributed by atoms with E-state index in [2.05, 4.69) is 26.3 Å². The number of anilines is 1. The van der Waals surface area contributed by atoms with Gasteiger partial charge in [0, 0.05) is 28.5 Å². The van der Waals surface area contributed by atoms with Crippen LogP contribution in [-0.2, 0) is 4.79 Å². The van der Waals surface area contributed by atoms with Gasteiger partial charge in [-0.1, -0.05) is 17.8 Å². The van der Waals surface area contributed by atoms with Crippen molar-refractivity contribution in [3.63, 3.8) is 0 Å². The highest BCUT2D eigenvalue weighted by molar-refractivity contribution is 8.00. The van der Waals surface area contributed by atoms with E-state index in [-0.39, 0.29) is 11.7 Å². The number of amides is 1. The molecule has 0 fully saturated rings. The Labute approximate surface area is 193 Å². The summed E-state index contributed by atoms with van der Waals surface area (Å²) in [7, 11) is 1.59. The first kappa shape index (κ1) is 21.5. The molecule has 0 aliphatic carbocycles. The lowest BCUT2D eigenvalue weighted by atomic mass is 10.1. The van der Waals surface area contributed by atoms with Crippen molar-refractivity contribution >= 4 is 34.7 Å². The third kappa shape index (κ3) is 4.94. The molecule has 0 saturated carbocycles. The van der Waals surface area contributed by atoms with Gasteiger partial charge in [-0.2, -0.15) is 5.26 Å². The molecule has 7 nitrogen and oxygen atoms in total. The van der Waals surface area contributed by atoms with E-state index in [4.69, 9.17) is 4.74 Å². The summed E-state index contributed by atoms with van der Waals surface area (Å²) in [6.07, 6.45) is 4.80. The lowest BCUT2D eigenvalue weighted by Gasteiger charge is -2.11. The molecule has 32 heavy (non-hydrogen) atoms. The normalized spacial score (nSPS) is 10.4. The minimum atomic E-state index is -0.201. The highest BCUT2D eigenvalue weighted by Crippen LogP contribution is 2.35. The van der Waals surface area contributed by atoms with Crippen molar-refractivity contribution in [1.82, 2.24) is 15.0 Å². The molecule has 0 radical (unpaired) electrons. The van der Waals surface area contributed by atoms with Crippen molar-refractivity contribution in [2.45, 2.75) is 5.03 Å². The number of thioether (sulfide) groups is 1. The van der Waals surface area contributed by atoms with E-state index in [1.54, 1.807) is 50.0 Å². The Morgan fingerprint density at radius 2 is 2.06 bits per heavy atom. The fourth-order valence-corrected chi connectivity index (χ4v) is 4.48. The molecule has 4 rings (SSSR count). The molecule has 1 amide bonds. The molecule has 0 atom stereocenters. The van der Waals surface area contributed by atoms with Gasteiger partial charge < -0.3 is 10.1 Å². The van der Waals surface area contributed by atoms with E-state index in [0.29, 0.717) is 33.4 Å². The smallest absolute Gasteiger partial charge is 0.234 e. The first-order valence-corrected chi connectivity index (χ1v) is 11.4. The average Bonchev–Trinajstić information content (AvgIpc) is 3.38. The summed E-state index contributed by atoms with van der Waals surface area (Å²) in [6.45, 7) is 0. The van der Waals surface area contributed by atoms with Crippen LogP contribution in [0.3, 0.4) is 0 Å². The summed E-state index contributed by atoms with van der Waals surface area (Å²) in [5.41, 5.74) is 3.05. The van der Waals surface area contributed by atoms with Crippen LogP contribution in [-0.4, -0.2) is 33.7 Å². The number of thiophene rings is 1. The number of methoxy groups -OCH3 is 1. The summed E-state index contributed by atoms with van der Waals surface area (Å²) in [6, 6.07) is 15.1. The number of hydrogen-bond donors (Lipinski definition) is 1. The Morgan fingerprint density at radius 3 is 2.72 bits per heavy atom. The van der Waals surface area contributed by atoms with E-state index in [9.17, 15) is 10.1 Å². The Kier molecular flexibility index (Phi) is 6.75. The number of pyridine rings is 1. The average molecular weight is 460 g/mol. The maximum Gasteiger partial charge on any atom is 0.234 e. The fraction of sp³-hybridized carbons (Fsp3) is 0.0870. The van der Waals surface area contributed by atoms with Crippen LogP contribution in [0.15, 0.2) is 71.5 Å². The molecule has 0 aliphatic rings. The molecule has 0 bridgehead atoms. The molecule has 4 aromatic rings. The second-order valence-corrected chi connectivity index (χ2v) is 8.39. The zero-order valence-electron chi connectivity index (χ0n) is 17.0. The van der Waals surface area contributed by atoms with Gasteiger partial charge in [-0.05, 0) is 41.8 Å². The van der Waals surface area contributed by atoms with Crippen molar-refractivity contribution in [1.29, 1.82) is 5.26 Å². The molecule has 0 saturated heterocycles. The number of aromatic nitrogens is 3. The molecule has 1 N–H and O–H groups in total. The number of carbonyl (C=O) groups is 1. The third-order valence-corrected chi connectivity index (χ3v) is 6.30. The molecule has 3 aromatic heterocycles. The lowest BCUT2D eigenvalue weighted by molar-refractivity contribution is -0.113. The van der Waals surface area contributed by atoms with Gasteiger partial charge in [-0.25, -0.2) is 4.98 Å². The van der Waals surface area contributed by atoms with Crippen molar-refractivity contribution in [2.75, 3.05) is 18.2 Å². The van der Waals surface area contributed by atoms with Crippen molar-refractivity contribution in [2.24, 2.45) is 0 Å². The van der Waals surface area contributed by atoms with Gasteiger partial charge in [-0.15, -0.1) is 11.3 Å². The van der Waals surface area contributed by atoms with E-state index in [1.165, 1.54) is 23.1 Å². The second kappa shape index (κ2) is 10.0. The number of benzene rings is 1. The SMILES string of the molecule is COc1ccc(NC(=O)CSc2nc(-c3cnccn3)cc(-c3cccs3)c2C#N)cc1. The molecule has 0 unspecified atom stereocenters. The summed E-state index contributed by atoms with van der Waals surface area (Å²) < 4.78 is 5.13. The molecule has 158 valence electrons. The summed E-state index contributed by atoms with van der Waals surface area (Å²) in [4.78, 5) is 26.5. The molecule has 1 aromatic carbocycles. The Hall–Kier alpha value is -3.74. The summed E-state index contributed by atoms with van der Waals surface area (Å²) >= 11 is 2.75. The monoisotopic (exact) mass is 459 g/mol. The minimum absolute atomic E-state index is 0.0987. The lowest BCUT2D eigenvalue weighted by Crippen LogP contribution is -2.14. The third-order valence-electron chi connectivity index (χ3n) is 4.42. The number of nitriles is 1. The number of hydrogen-bond acceptors (Lipinski definition) is 8. The van der Waals surface area contributed by atoms with Gasteiger partial charge in [0.15, 0.2) is 0 Å². The zero-order valence-corrected chi connectivity index (χ0v) is 18.6. The predicted octanol–water partition coefficient (Wildman–Crippen LogP) is 4.88. The van der Waals surface area contributed by atoms with Crippen LogP contribution in [0, 0.1) is 11.3 Å². The van der Waals surface area contributed by atoms with Crippen LogP contribution in [0.4, 0.5) is 5.69 Å². The van der Waals surface area contributed by atoms with Gasteiger partial charge in [0.1, 0.15) is 22.5 Å². The number of ether oxygens (including phenoxy) is 1. The van der Waals surface area contributed by atoms with E-state index >= 15 is 0 Å². The van der Waals surface area contributed by atoms with Crippen LogP contribution < -0.4 is 10.1 Å². The highest BCUT2D eigenvalue weighted by Gasteiger charge is 2.18. The maximum absolute atomic E-state index is 12.5. The van der Waals surface area contributed by atoms with Gasteiger partial charge in [-0.3, -0.25) is 14.8 Å². The van der Waals surface area contributed by atoms with Crippen LogP contribution in [0.2, 0.25) is 0 Å². The molecular formula is C23H17N5O2S2. The number of nitrogens with one attached hydrogen (secondary N) is 1. The summed E-state index contributed by atoms with van der Waals surface area (Å²) in [5.74, 6) is 0.609. The first-order valence-electron chi connectivity index (χ1n) is 9.50. The first-order chi connectivity index (χ1) is 15.7. The van der Waals surface area contributed by atoms with Gasteiger partial charge in [0.25, 0.3) is 0 Å². The Balaban J connectivity index is 1.61. The number of carbonyl (C=O) groups excluding carboxylic acids is 1. The van der Waals surface area contributed by atoms with Crippen molar-refractivity contribution < 1.29 is 9.53 Å². The van der Waals surface area contributed by atoms with E-state index in [0.717, 1.165) is 10.4 Å². The van der Waals surface area contributed by atoms with E-state index in [1.807, 2.05) is 23.6 Å². The van der Waals surface area contributed by atoms with Crippen LogP contribution in [0.5, 0.6) is 5.75 Å².